The van der Waals surface area contributed by atoms with Gasteiger partial charge in [-0.15, -0.1) is 0 Å². The maximum Gasteiger partial charge on any atom is 0.471 e. The first-order valence-corrected chi connectivity index (χ1v) is 4.50. The molecule has 1 fully saturated rings. The number of carbonyl (C=O) groups excluding carboxylic acids is 1. The average Bonchev–Trinajstić information content (AvgIpc) is 2.50. The lowest BCUT2D eigenvalue weighted by molar-refractivity contribution is -0.174. The molecule has 14 heavy (non-hydrogen) atoms. The Labute approximate surface area is 80.0 Å². The molecule has 2 atom stereocenters. The van der Waals surface area contributed by atoms with Crippen LogP contribution in [-0.4, -0.2) is 31.2 Å². The second-order valence-corrected chi connectivity index (χ2v) is 3.40. The first kappa shape index (κ1) is 11.3. The number of hydrogen-bond acceptors (Lipinski definition) is 2. The Morgan fingerprint density at radius 1 is 1.29 bits per heavy atom. The predicted molar refractivity (Wildman–Crippen MR) is 44.7 cm³/mol. The minimum absolute atomic E-state index is 0.0405. The molecule has 1 aliphatic carbocycles. The van der Waals surface area contributed by atoms with Crippen LogP contribution in [0.5, 0.6) is 0 Å². The first-order valence-electron chi connectivity index (χ1n) is 4.50. The van der Waals surface area contributed by atoms with Crippen LogP contribution in [0.1, 0.15) is 19.3 Å². The van der Waals surface area contributed by atoms with Gasteiger partial charge in [-0.1, -0.05) is 0 Å². The summed E-state index contributed by atoms with van der Waals surface area (Å²) in [5, 5.41) is 4.88. The molecule has 0 saturated heterocycles. The molecule has 0 aromatic carbocycles. The zero-order valence-corrected chi connectivity index (χ0v) is 7.82. The van der Waals surface area contributed by atoms with Crippen LogP contribution in [0.25, 0.3) is 0 Å². The summed E-state index contributed by atoms with van der Waals surface area (Å²) in [5.41, 5.74) is 0. The van der Waals surface area contributed by atoms with Gasteiger partial charge in [0.2, 0.25) is 0 Å². The lowest BCUT2D eigenvalue weighted by Gasteiger charge is -2.20. The highest BCUT2D eigenvalue weighted by atomic mass is 19.4. The zero-order valence-electron chi connectivity index (χ0n) is 7.82. The van der Waals surface area contributed by atoms with Crippen LogP contribution in [0.15, 0.2) is 0 Å². The second kappa shape index (κ2) is 4.16. The van der Waals surface area contributed by atoms with Crippen LogP contribution in [0.2, 0.25) is 0 Å². The number of alkyl halides is 3. The summed E-state index contributed by atoms with van der Waals surface area (Å²) in [6.45, 7) is 0. The molecule has 0 aromatic heterocycles. The predicted octanol–water partition coefficient (Wildman–Crippen LogP) is 0.805. The highest BCUT2D eigenvalue weighted by Gasteiger charge is 2.41. The van der Waals surface area contributed by atoms with Crippen LogP contribution in [0.3, 0.4) is 0 Å². The van der Waals surface area contributed by atoms with Gasteiger partial charge in [-0.25, -0.2) is 0 Å². The van der Waals surface area contributed by atoms with E-state index in [0.29, 0.717) is 6.42 Å². The fraction of sp³-hybridized carbons (Fsp3) is 0.875. The van der Waals surface area contributed by atoms with E-state index in [2.05, 4.69) is 5.32 Å². The molecule has 1 amide bonds. The van der Waals surface area contributed by atoms with Crippen LogP contribution in [0.4, 0.5) is 13.2 Å². The van der Waals surface area contributed by atoms with E-state index in [1.54, 1.807) is 7.05 Å². The lowest BCUT2D eigenvalue weighted by Crippen LogP contribution is -2.49. The van der Waals surface area contributed by atoms with Gasteiger partial charge in [0.25, 0.3) is 0 Å². The number of nitrogens with one attached hydrogen (secondary N) is 2. The third-order valence-electron chi connectivity index (χ3n) is 2.46. The van der Waals surface area contributed by atoms with Gasteiger partial charge in [-0.05, 0) is 26.3 Å². The maximum atomic E-state index is 11.9. The van der Waals surface area contributed by atoms with Crippen molar-refractivity contribution >= 4 is 5.91 Å². The Balaban J connectivity index is 2.48. The topological polar surface area (TPSA) is 41.1 Å². The van der Waals surface area contributed by atoms with E-state index < -0.39 is 18.1 Å². The van der Waals surface area contributed by atoms with Crippen molar-refractivity contribution in [3.05, 3.63) is 0 Å². The molecule has 0 aromatic rings. The number of halogens is 3. The summed E-state index contributed by atoms with van der Waals surface area (Å²) in [5.74, 6) is -1.84. The molecule has 3 nitrogen and oxygen atoms in total. The van der Waals surface area contributed by atoms with E-state index in [9.17, 15) is 18.0 Å². The summed E-state index contributed by atoms with van der Waals surface area (Å²) in [6, 6.07) is -0.435. The van der Waals surface area contributed by atoms with Gasteiger partial charge in [0, 0.05) is 12.1 Å². The van der Waals surface area contributed by atoms with Gasteiger partial charge in [-0.2, -0.15) is 13.2 Å². The number of likely N-dealkylation sites (N-methyl/N-ethyl adjacent to an activating group) is 1. The number of carbonyl (C=O) groups is 1. The number of rotatable bonds is 2. The molecule has 0 spiro atoms. The molecular weight excluding hydrogens is 197 g/mol. The SMILES string of the molecule is CN[C@@H]1CCC[C@@H]1NC(=O)C(F)(F)F. The summed E-state index contributed by atoms with van der Waals surface area (Å²) in [6.07, 6.45) is -2.53. The molecule has 1 aliphatic rings. The van der Waals surface area contributed by atoms with Crippen LogP contribution in [0, 0.1) is 0 Å². The van der Waals surface area contributed by atoms with Crippen molar-refractivity contribution in [3.63, 3.8) is 0 Å². The molecule has 6 heteroatoms. The molecular formula is C8H13F3N2O. The molecule has 1 rings (SSSR count). The highest BCUT2D eigenvalue weighted by Crippen LogP contribution is 2.21. The van der Waals surface area contributed by atoms with E-state index in [4.69, 9.17) is 0 Å². The minimum Gasteiger partial charge on any atom is -0.344 e. The Hall–Kier alpha value is -0.780. The van der Waals surface area contributed by atoms with Crippen molar-refractivity contribution in [2.24, 2.45) is 0 Å². The van der Waals surface area contributed by atoms with Crippen molar-refractivity contribution < 1.29 is 18.0 Å². The number of hydrogen-bond donors (Lipinski definition) is 2. The van der Waals surface area contributed by atoms with Crippen molar-refractivity contribution in [2.45, 2.75) is 37.5 Å². The summed E-state index contributed by atoms with van der Waals surface area (Å²) in [7, 11) is 1.68. The molecule has 0 unspecified atom stereocenters. The Kier molecular flexibility index (Phi) is 3.36. The highest BCUT2D eigenvalue weighted by molar-refractivity contribution is 5.82. The minimum atomic E-state index is -4.78. The zero-order chi connectivity index (χ0) is 10.8. The quantitative estimate of drug-likeness (QED) is 0.708. The molecule has 0 radical (unpaired) electrons. The first-order chi connectivity index (χ1) is 6.45. The van der Waals surface area contributed by atoms with Gasteiger partial charge in [0.05, 0.1) is 0 Å². The van der Waals surface area contributed by atoms with E-state index in [1.807, 2.05) is 5.32 Å². The van der Waals surface area contributed by atoms with E-state index in [0.717, 1.165) is 12.8 Å². The van der Waals surface area contributed by atoms with Crippen molar-refractivity contribution in [1.82, 2.24) is 10.6 Å². The fourth-order valence-electron chi connectivity index (χ4n) is 1.73. The normalized spacial score (nSPS) is 27.7. The Morgan fingerprint density at radius 2 is 1.86 bits per heavy atom. The van der Waals surface area contributed by atoms with Crippen molar-refractivity contribution in [3.8, 4) is 0 Å². The molecule has 2 N–H and O–H groups in total. The Bertz CT molecular complexity index is 217. The average molecular weight is 210 g/mol. The summed E-state index contributed by atoms with van der Waals surface area (Å²) < 4.78 is 35.7. The maximum absolute atomic E-state index is 11.9. The smallest absolute Gasteiger partial charge is 0.344 e. The third kappa shape index (κ3) is 2.60. The van der Waals surface area contributed by atoms with Crippen LogP contribution >= 0.6 is 0 Å². The third-order valence-corrected chi connectivity index (χ3v) is 2.46. The van der Waals surface area contributed by atoms with Gasteiger partial charge in [-0.3, -0.25) is 4.79 Å². The van der Waals surface area contributed by atoms with Crippen LogP contribution < -0.4 is 10.6 Å². The second-order valence-electron chi connectivity index (χ2n) is 3.40. The Morgan fingerprint density at radius 3 is 2.36 bits per heavy atom. The van der Waals surface area contributed by atoms with Gasteiger partial charge in [0.15, 0.2) is 0 Å². The largest absolute Gasteiger partial charge is 0.471 e. The summed E-state index contributed by atoms with van der Waals surface area (Å²) >= 11 is 0. The fourth-order valence-corrected chi connectivity index (χ4v) is 1.73. The monoisotopic (exact) mass is 210 g/mol. The standard InChI is InChI=1S/C8H13F3N2O/c1-12-5-3-2-4-6(5)13-7(14)8(9,10)11/h5-6,12H,2-4H2,1H3,(H,13,14)/t5-,6+/m1/s1. The lowest BCUT2D eigenvalue weighted by atomic mass is 10.2. The van der Waals surface area contributed by atoms with Crippen LogP contribution in [-0.2, 0) is 4.79 Å². The molecule has 0 heterocycles. The van der Waals surface area contributed by atoms with Gasteiger partial charge in [0.1, 0.15) is 0 Å². The van der Waals surface area contributed by atoms with E-state index in [1.165, 1.54) is 0 Å². The van der Waals surface area contributed by atoms with Crippen molar-refractivity contribution in [2.75, 3.05) is 7.05 Å². The van der Waals surface area contributed by atoms with Gasteiger partial charge >= 0.3 is 12.1 Å². The molecule has 1 saturated carbocycles. The molecule has 82 valence electrons. The molecule has 0 aliphatic heterocycles. The molecule has 0 bridgehead atoms. The van der Waals surface area contributed by atoms with Gasteiger partial charge < -0.3 is 10.6 Å². The van der Waals surface area contributed by atoms with E-state index in [-0.39, 0.29) is 6.04 Å². The number of amides is 1. The van der Waals surface area contributed by atoms with E-state index >= 15 is 0 Å². The van der Waals surface area contributed by atoms with Crippen molar-refractivity contribution in [1.29, 1.82) is 0 Å². The summed E-state index contributed by atoms with van der Waals surface area (Å²) in [4.78, 5) is 10.6.